The first-order chi connectivity index (χ1) is 10.8. The summed E-state index contributed by atoms with van der Waals surface area (Å²) in [6, 6.07) is 4.07. The Labute approximate surface area is 139 Å². The Morgan fingerprint density at radius 1 is 1.48 bits per heavy atom. The van der Waals surface area contributed by atoms with Crippen molar-refractivity contribution in [1.29, 1.82) is 0 Å². The number of halogens is 2. The Balaban J connectivity index is 2.23. The van der Waals surface area contributed by atoms with Crippen LogP contribution < -0.4 is 15.2 Å². The van der Waals surface area contributed by atoms with Crippen molar-refractivity contribution in [3.8, 4) is 0 Å². The van der Waals surface area contributed by atoms with E-state index >= 15 is 0 Å². The van der Waals surface area contributed by atoms with Gasteiger partial charge in [0.2, 0.25) is 0 Å². The normalized spacial score (nSPS) is 12.6. The Hall–Kier alpha value is -1.89. The van der Waals surface area contributed by atoms with Gasteiger partial charge in [0.05, 0.1) is 16.7 Å². The van der Waals surface area contributed by atoms with Crippen LogP contribution in [0.4, 0.5) is 10.1 Å². The van der Waals surface area contributed by atoms with Crippen molar-refractivity contribution in [2.45, 2.75) is 6.54 Å². The quantitative estimate of drug-likeness (QED) is 0.473. The standard InChI is InChI=1S/C11H12BrFN6O3S/c1-15-23(20,21)16-5-9-10(19-22-18-9)11(14)17-6-2-3-8(13)7(12)4-6/h2-4,15-16H,5H2,1H3,(H2,14,17). The molecule has 23 heavy (non-hydrogen) atoms. The zero-order valence-corrected chi connectivity index (χ0v) is 14.1. The van der Waals surface area contributed by atoms with Gasteiger partial charge in [-0.2, -0.15) is 13.1 Å². The molecule has 124 valence electrons. The van der Waals surface area contributed by atoms with Crippen LogP contribution in [0.3, 0.4) is 0 Å². The van der Waals surface area contributed by atoms with Crippen molar-refractivity contribution in [2.24, 2.45) is 10.7 Å². The molecule has 2 aromatic rings. The van der Waals surface area contributed by atoms with Gasteiger partial charge in [0, 0.05) is 7.05 Å². The molecule has 0 spiro atoms. The van der Waals surface area contributed by atoms with Crippen LogP contribution in [0, 0.1) is 5.82 Å². The number of benzene rings is 1. The van der Waals surface area contributed by atoms with Crippen LogP contribution in [-0.4, -0.2) is 31.6 Å². The fourth-order valence-electron chi connectivity index (χ4n) is 1.50. The summed E-state index contributed by atoms with van der Waals surface area (Å²) < 4.78 is 44.9. The van der Waals surface area contributed by atoms with Gasteiger partial charge in [0.15, 0.2) is 11.5 Å². The van der Waals surface area contributed by atoms with E-state index in [4.69, 9.17) is 5.73 Å². The summed E-state index contributed by atoms with van der Waals surface area (Å²) >= 11 is 3.04. The minimum atomic E-state index is -3.65. The first kappa shape index (κ1) is 17.5. The maximum absolute atomic E-state index is 13.2. The molecule has 1 heterocycles. The van der Waals surface area contributed by atoms with E-state index in [0.717, 1.165) is 0 Å². The largest absolute Gasteiger partial charge is 0.382 e. The molecule has 1 aromatic heterocycles. The summed E-state index contributed by atoms with van der Waals surface area (Å²) in [5.74, 6) is -0.490. The third-order valence-electron chi connectivity index (χ3n) is 2.65. The number of nitrogens with one attached hydrogen (secondary N) is 2. The molecular formula is C11H12BrFN6O3S. The van der Waals surface area contributed by atoms with Crippen LogP contribution in [0.1, 0.15) is 11.4 Å². The predicted octanol–water partition coefficient (Wildman–Crippen LogP) is 0.562. The Bertz CT molecular complexity index is 838. The van der Waals surface area contributed by atoms with Crippen LogP contribution in [0.25, 0.3) is 0 Å². The summed E-state index contributed by atoms with van der Waals surface area (Å²) in [5, 5.41) is 7.17. The summed E-state index contributed by atoms with van der Waals surface area (Å²) in [6.07, 6.45) is 0. The van der Waals surface area contributed by atoms with Gasteiger partial charge < -0.3 is 5.73 Å². The topological polar surface area (TPSA) is 136 Å². The molecule has 0 saturated carbocycles. The number of aromatic nitrogens is 2. The fourth-order valence-corrected chi connectivity index (χ4v) is 2.34. The van der Waals surface area contributed by atoms with Crippen molar-refractivity contribution in [2.75, 3.05) is 7.05 Å². The molecule has 0 saturated heterocycles. The number of rotatable bonds is 6. The zero-order chi connectivity index (χ0) is 17.0. The number of hydrogen-bond acceptors (Lipinski definition) is 6. The van der Waals surface area contributed by atoms with Crippen molar-refractivity contribution in [3.05, 3.63) is 39.9 Å². The molecule has 4 N–H and O–H groups in total. The second-order valence-electron chi connectivity index (χ2n) is 4.18. The smallest absolute Gasteiger partial charge is 0.277 e. The molecule has 9 nitrogen and oxygen atoms in total. The third-order valence-corrected chi connectivity index (χ3v) is 4.32. The summed E-state index contributed by atoms with van der Waals surface area (Å²) in [7, 11) is -2.39. The summed E-state index contributed by atoms with van der Waals surface area (Å²) in [4.78, 5) is 4.07. The van der Waals surface area contributed by atoms with Gasteiger partial charge in [-0.1, -0.05) is 5.16 Å². The van der Waals surface area contributed by atoms with E-state index in [1.54, 1.807) is 0 Å². The van der Waals surface area contributed by atoms with Crippen LogP contribution in [0.15, 0.2) is 32.3 Å². The second-order valence-corrected chi connectivity index (χ2v) is 6.74. The van der Waals surface area contributed by atoms with Gasteiger partial charge in [-0.25, -0.2) is 18.7 Å². The van der Waals surface area contributed by atoms with Crippen LogP contribution in [0.2, 0.25) is 0 Å². The van der Waals surface area contributed by atoms with Crippen molar-refractivity contribution in [1.82, 2.24) is 19.8 Å². The number of hydrogen-bond donors (Lipinski definition) is 3. The van der Waals surface area contributed by atoms with Crippen molar-refractivity contribution in [3.63, 3.8) is 0 Å². The molecule has 0 aliphatic carbocycles. The monoisotopic (exact) mass is 406 g/mol. The SMILES string of the molecule is CNS(=O)(=O)NCc1nonc1C(N)=Nc1ccc(F)c(Br)c1. The number of aliphatic imine (C=N–C) groups is 1. The highest BCUT2D eigenvalue weighted by Gasteiger charge is 2.16. The number of nitrogens with zero attached hydrogens (tertiary/aromatic N) is 3. The molecule has 0 amide bonds. The van der Waals surface area contributed by atoms with E-state index in [-0.39, 0.29) is 28.2 Å². The average Bonchev–Trinajstić information content (AvgIpc) is 2.98. The maximum Gasteiger partial charge on any atom is 0.277 e. The van der Waals surface area contributed by atoms with E-state index in [9.17, 15) is 12.8 Å². The lowest BCUT2D eigenvalue weighted by Crippen LogP contribution is -2.34. The van der Waals surface area contributed by atoms with Gasteiger partial charge in [-0.15, -0.1) is 0 Å². The molecule has 1 aromatic carbocycles. The van der Waals surface area contributed by atoms with E-state index in [1.807, 2.05) is 0 Å². The highest BCUT2D eigenvalue weighted by Crippen LogP contribution is 2.22. The van der Waals surface area contributed by atoms with Gasteiger partial charge in [-0.3, -0.25) is 0 Å². The van der Waals surface area contributed by atoms with Crippen LogP contribution >= 0.6 is 15.9 Å². The van der Waals surface area contributed by atoms with E-state index in [2.05, 4.69) is 45.3 Å². The minimum absolute atomic E-state index is 0.0524. The second kappa shape index (κ2) is 7.12. The van der Waals surface area contributed by atoms with E-state index in [1.165, 1.54) is 25.2 Å². The highest BCUT2D eigenvalue weighted by molar-refractivity contribution is 9.10. The maximum atomic E-state index is 13.2. The van der Waals surface area contributed by atoms with Crippen molar-refractivity contribution < 1.29 is 17.4 Å². The van der Waals surface area contributed by atoms with E-state index < -0.39 is 16.0 Å². The third kappa shape index (κ3) is 4.54. The van der Waals surface area contributed by atoms with Gasteiger partial charge in [-0.05, 0) is 39.3 Å². The van der Waals surface area contributed by atoms with Gasteiger partial charge >= 0.3 is 0 Å². The Morgan fingerprint density at radius 3 is 2.87 bits per heavy atom. The van der Waals surface area contributed by atoms with E-state index in [0.29, 0.717) is 5.69 Å². The molecule has 0 aliphatic rings. The molecule has 0 unspecified atom stereocenters. The molecule has 2 rings (SSSR count). The fraction of sp³-hybridized carbons (Fsp3) is 0.182. The lowest BCUT2D eigenvalue weighted by molar-refractivity contribution is 0.302. The van der Waals surface area contributed by atoms with Crippen molar-refractivity contribution >= 4 is 37.7 Å². The molecule has 0 aliphatic heterocycles. The van der Waals surface area contributed by atoms with Crippen LogP contribution in [-0.2, 0) is 16.8 Å². The first-order valence-electron chi connectivity index (χ1n) is 6.11. The molecular weight excluding hydrogens is 395 g/mol. The number of nitrogens with two attached hydrogens (primary N) is 1. The molecule has 0 atom stereocenters. The average molecular weight is 407 g/mol. The lowest BCUT2D eigenvalue weighted by atomic mass is 10.3. The summed E-state index contributed by atoms with van der Waals surface area (Å²) in [5.41, 5.74) is 6.44. The van der Waals surface area contributed by atoms with Gasteiger partial charge in [0.25, 0.3) is 10.2 Å². The Morgan fingerprint density at radius 2 is 2.22 bits per heavy atom. The zero-order valence-electron chi connectivity index (χ0n) is 11.7. The van der Waals surface area contributed by atoms with Gasteiger partial charge in [0.1, 0.15) is 11.5 Å². The Kier molecular flexibility index (Phi) is 5.41. The molecule has 12 heteroatoms. The highest BCUT2D eigenvalue weighted by atomic mass is 79.9. The summed E-state index contributed by atoms with van der Waals surface area (Å²) in [6.45, 7) is -0.189. The predicted molar refractivity (Wildman–Crippen MR) is 83.6 cm³/mol. The molecule has 0 fully saturated rings. The first-order valence-corrected chi connectivity index (χ1v) is 8.39. The molecule has 0 bridgehead atoms. The van der Waals surface area contributed by atoms with Crippen LogP contribution in [0.5, 0.6) is 0 Å². The minimum Gasteiger partial charge on any atom is -0.382 e. The number of amidine groups is 1. The molecule has 0 radical (unpaired) electrons. The lowest BCUT2D eigenvalue weighted by Gasteiger charge is -2.03.